The maximum atomic E-state index is 12.1. The van der Waals surface area contributed by atoms with Gasteiger partial charge in [-0.1, -0.05) is 41.9 Å². The maximum Gasteiger partial charge on any atom is 0.359 e. The summed E-state index contributed by atoms with van der Waals surface area (Å²) in [6.07, 6.45) is 2.03. The molecule has 0 atom stereocenters. The molecule has 3 rings (SSSR count). The van der Waals surface area contributed by atoms with E-state index in [1.54, 1.807) is 0 Å². The zero-order chi connectivity index (χ0) is 14.8. The molecule has 1 fully saturated rings. The first-order valence-electron chi connectivity index (χ1n) is 6.69. The largest absolute Gasteiger partial charge is 0.456 e. The molecule has 1 aromatic carbocycles. The first-order chi connectivity index (χ1) is 10.1. The van der Waals surface area contributed by atoms with Crippen LogP contribution in [0.25, 0.3) is 0 Å². The van der Waals surface area contributed by atoms with Gasteiger partial charge in [0.05, 0.1) is 0 Å². The molecule has 0 spiro atoms. The number of hydrogen-bond acceptors (Lipinski definition) is 5. The fourth-order valence-corrected chi connectivity index (χ4v) is 2.09. The number of nitrogens with zero attached hydrogens (tertiary/aromatic N) is 2. The first kappa shape index (κ1) is 13.8. The molecule has 0 unspecified atom stereocenters. The van der Waals surface area contributed by atoms with Crippen molar-refractivity contribution in [3.63, 3.8) is 0 Å². The molecular formula is C15H14ClN3O2. The van der Waals surface area contributed by atoms with Gasteiger partial charge in [0.25, 0.3) is 0 Å². The number of carbonyl (C=O) groups is 1. The molecule has 0 aliphatic heterocycles. The Hall–Kier alpha value is -2.14. The highest BCUT2D eigenvalue weighted by Gasteiger charge is 2.29. The van der Waals surface area contributed by atoms with E-state index in [1.807, 2.05) is 30.3 Å². The molecule has 1 aromatic heterocycles. The van der Waals surface area contributed by atoms with Crippen LogP contribution in [-0.2, 0) is 11.3 Å². The van der Waals surface area contributed by atoms with Crippen LogP contribution >= 0.6 is 11.6 Å². The number of carbonyl (C=O) groups excluding carboxylic acids is 1. The summed E-state index contributed by atoms with van der Waals surface area (Å²) in [5.41, 5.74) is 6.68. The van der Waals surface area contributed by atoms with Crippen LogP contribution < -0.4 is 5.73 Å². The third-order valence-electron chi connectivity index (χ3n) is 3.24. The Balaban J connectivity index is 1.77. The van der Waals surface area contributed by atoms with Gasteiger partial charge in [-0.25, -0.2) is 14.8 Å². The van der Waals surface area contributed by atoms with Crippen molar-refractivity contribution in [2.45, 2.75) is 25.4 Å². The molecular weight excluding hydrogens is 290 g/mol. The number of nitrogen functional groups attached to an aromatic ring is 1. The fraction of sp³-hybridized carbons (Fsp3) is 0.267. The van der Waals surface area contributed by atoms with Crippen LogP contribution in [0.3, 0.4) is 0 Å². The summed E-state index contributed by atoms with van der Waals surface area (Å²) in [7, 11) is 0. The number of nitrogens with two attached hydrogens (primary N) is 1. The van der Waals surface area contributed by atoms with Crippen LogP contribution in [-0.4, -0.2) is 15.9 Å². The van der Waals surface area contributed by atoms with Gasteiger partial charge in [0, 0.05) is 5.92 Å². The van der Waals surface area contributed by atoms with Crippen LogP contribution in [0.5, 0.6) is 0 Å². The van der Waals surface area contributed by atoms with Crippen molar-refractivity contribution in [2.75, 3.05) is 5.73 Å². The average Bonchev–Trinajstić information content (AvgIpc) is 3.33. The lowest BCUT2D eigenvalue weighted by Gasteiger charge is -2.08. The summed E-state index contributed by atoms with van der Waals surface area (Å²) in [5.74, 6) is 0.397. The van der Waals surface area contributed by atoms with Crippen LogP contribution in [0.1, 0.15) is 40.6 Å². The molecule has 1 saturated carbocycles. The van der Waals surface area contributed by atoms with Gasteiger partial charge in [-0.15, -0.1) is 0 Å². The lowest BCUT2D eigenvalue weighted by molar-refractivity contribution is 0.0465. The molecule has 5 nitrogen and oxygen atoms in total. The van der Waals surface area contributed by atoms with Crippen molar-refractivity contribution in [1.29, 1.82) is 0 Å². The van der Waals surface area contributed by atoms with Crippen molar-refractivity contribution in [3.05, 3.63) is 52.4 Å². The second-order valence-corrected chi connectivity index (χ2v) is 5.34. The number of anilines is 1. The Morgan fingerprint density at radius 1 is 1.29 bits per heavy atom. The smallest absolute Gasteiger partial charge is 0.359 e. The molecule has 0 radical (unpaired) electrons. The predicted octanol–water partition coefficient (Wildman–Crippen LogP) is 2.95. The van der Waals surface area contributed by atoms with E-state index in [-0.39, 0.29) is 29.1 Å². The summed E-state index contributed by atoms with van der Waals surface area (Å²) in [6.45, 7) is 0.165. The number of benzene rings is 1. The fourth-order valence-electron chi connectivity index (χ4n) is 1.93. The van der Waals surface area contributed by atoms with Crippen molar-refractivity contribution in [3.8, 4) is 0 Å². The van der Waals surface area contributed by atoms with Crippen molar-refractivity contribution >= 4 is 23.4 Å². The van der Waals surface area contributed by atoms with Crippen molar-refractivity contribution < 1.29 is 9.53 Å². The van der Waals surface area contributed by atoms with E-state index in [2.05, 4.69) is 9.97 Å². The van der Waals surface area contributed by atoms with Crippen molar-refractivity contribution in [1.82, 2.24) is 9.97 Å². The highest BCUT2D eigenvalue weighted by molar-refractivity contribution is 6.35. The number of halogens is 1. The molecule has 21 heavy (non-hydrogen) atoms. The lowest BCUT2D eigenvalue weighted by Crippen LogP contribution is -2.12. The minimum atomic E-state index is -0.583. The second kappa shape index (κ2) is 5.69. The van der Waals surface area contributed by atoms with Gasteiger partial charge in [0.15, 0.2) is 5.69 Å². The maximum absolute atomic E-state index is 12.1. The highest BCUT2D eigenvalue weighted by atomic mass is 35.5. The molecule has 108 valence electrons. The van der Waals surface area contributed by atoms with Crippen LogP contribution in [0.15, 0.2) is 30.3 Å². The van der Waals surface area contributed by atoms with E-state index < -0.39 is 5.97 Å². The van der Waals surface area contributed by atoms with Gasteiger partial charge in [-0.2, -0.15) is 0 Å². The standard InChI is InChI=1S/C15H14ClN3O2/c16-11-12(18-14(10-6-7-10)19-13(11)17)15(20)21-8-9-4-2-1-3-5-9/h1-5,10H,6-8H2,(H2,17,18,19). The predicted molar refractivity (Wildman–Crippen MR) is 79.0 cm³/mol. The second-order valence-electron chi connectivity index (χ2n) is 4.97. The molecule has 1 heterocycles. The van der Waals surface area contributed by atoms with Gasteiger partial charge in [0.1, 0.15) is 23.3 Å². The Kier molecular flexibility index (Phi) is 3.75. The third-order valence-corrected chi connectivity index (χ3v) is 3.62. The van der Waals surface area contributed by atoms with Gasteiger partial charge >= 0.3 is 5.97 Å². The monoisotopic (exact) mass is 303 g/mol. The Morgan fingerprint density at radius 2 is 2.00 bits per heavy atom. The summed E-state index contributed by atoms with van der Waals surface area (Å²) >= 11 is 6.02. The van der Waals surface area contributed by atoms with E-state index in [0.717, 1.165) is 18.4 Å². The molecule has 0 saturated heterocycles. The Bertz CT molecular complexity index is 672. The minimum Gasteiger partial charge on any atom is -0.456 e. The molecule has 0 amide bonds. The van der Waals surface area contributed by atoms with Crippen LogP contribution in [0.2, 0.25) is 5.02 Å². The van der Waals surface area contributed by atoms with Gasteiger partial charge < -0.3 is 10.5 Å². The SMILES string of the molecule is Nc1nc(C2CC2)nc(C(=O)OCc2ccccc2)c1Cl. The van der Waals surface area contributed by atoms with E-state index >= 15 is 0 Å². The van der Waals surface area contributed by atoms with Gasteiger partial charge in [-0.3, -0.25) is 0 Å². The van der Waals surface area contributed by atoms with E-state index in [9.17, 15) is 4.79 Å². The summed E-state index contributed by atoms with van der Waals surface area (Å²) in [6, 6.07) is 9.40. The molecule has 1 aliphatic rings. The Morgan fingerprint density at radius 3 is 2.67 bits per heavy atom. The van der Waals surface area contributed by atoms with Crippen LogP contribution in [0.4, 0.5) is 5.82 Å². The van der Waals surface area contributed by atoms with Gasteiger partial charge in [0.2, 0.25) is 0 Å². The lowest BCUT2D eigenvalue weighted by atomic mass is 10.2. The number of aromatic nitrogens is 2. The normalized spacial score (nSPS) is 14.0. The topological polar surface area (TPSA) is 78.1 Å². The minimum absolute atomic E-state index is 0.0435. The number of hydrogen-bond donors (Lipinski definition) is 1. The van der Waals surface area contributed by atoms with E-state index in [0.29, 0.717) is 5.82 Å². The van der Waals surface area contributed by atoms with E-state index in [4.69, 9.17) is 22.1 Å². The molecule has 2 aromatic rings. The molecule has 1 aliphatic carbocycles. The molecule has 2 N–H and O–H groups in total. The zero-order valence-electron chi connectivity index (χ0n) is 11.3. The molecule has 0 bridgehead atoms. The Labute approximate surface area is 127 Å². The quantitative estimate of drug-likeness (QED) is 0.879. The first-order valence-corrected chi connectivity index (χ1v) is 7.07. The summed E-state index contributed by atoms with van der Waals surface area (Å²) in [4.78, 5) is 20.5. The summed E-state index contributed by atoms with van der Waals surface area (Å²) < 4.78 is 5.24. The number of rotatable bonds is 4. The zero-order valence-corrected chi connectivity index (χ0v) is 12.0. The number of esters is 1. The van der Waals surface area contributed by atoms with Crippen molar-refractivity contribution in [2.24, 2.45) is 0 Å². The molecule has 6 heteroatoms. The highest BCUT2D eigenvalue weighted by Crippen LogP contribution is 2.39. The average molecular weight is 304 g/mol. The third kappa shape index (κ3) is 3.13. The van der Waals surface area contributed by atoms with Gasteiger partial charge in [-0.05, 0) is 18.4 Å². The summed E-state index contributed by atoms with van der Waals surface area (Å²) in [5, 5.41) is 0.0532. The van der Waals surface area contributed by atoms with E-state index in [1.165, 1.54) is 0 Å². The van der Waals surface area contributed by atoms with Crippen LogP contribution in [0, 0.1) is 0 Å². The number of ether oxygens (including phenoxy) is 1.